The van der Waals surface area contributed by atoms with Crippen LogP contribution in [-0.4, -0.2) is 32.4 Å². The van der Waals surface area contributed by atoms with Crippen molar-refractivity contribution in [2.75, 3.05) is 14.2 Å². The van der Waals surface area contributed by atoms with Gasteiger partial charge in [-0.2, -0.15) is 0 Å². The number of halogens is 1. The van der Waals surface area contributed by atoms with E-state index in [4.69, 9.17) is 14.2 Å². The molecular weight excluding hydrogens is 263 g/mol. The number of methoxy groups -OCH3 is 2. The van der Waals surface area contributed by atoms with Gasteiger partial charge in [-0.1, -0.05) is 0 Å². The van der Waals surface area contributed by atoms with Crippen molar-refractivity contribution in [2.45, 2.75) is 37.9 Å². The summed E-state index contributed by atoms with van der Waals surface area (Å²) in [5.41, 5.74) is -0.0645. The van der Waals surface area contributed by atoms with E-state index in [9.17, 15) is 9.18 Å². The van der Waals surface area contributed by atoms with Crippen LogP contribution in [0.15, 0.2) is 18.2 Å². The van der Waals surface area contributed by atoms with E-state index in [1.165, 1.54) is 19.2 Å². The fourth-order valence-corrected chi connectivity index (χ4v) is 2.43. The van der Waals surface area contributed by atoms with Gasteiger partial charge in [0.05, 0.1) is 18.8 Å². The first-order chi connectivity index (χ1) is 9.63. The molecule has 0 amide bonds. The van der Waals surface area contributed by atoms with Crippen molar-refractivity contribution in [3.63, 3.8) is 0 Å². The Kier molecular flexibility index (Phi) is 4.95. The Labute approximate surface area is 117 Å². The summed E-state index contributed by atoms with van der Waals surface area (Å²) in [5.74, 6) is -0.892. The van der Waals surface area contributed by atoms with Crippen LogP contribution in [0.1, 0.15) is 36.0 Å². The number of ether oxygens (including phenoxy) is 3. The number of benzene rings is 1. The van der Waals surface area contributed by atoms with Gasteiger partial charge in [0.1, 0.15) is 17.7 Å². The molecule has 0 aromatic heterocycles. The predicted molar refractivity (Wildman–Crippen MR) is 71.4 cm³/mol. The second-order valence-corrected chi connectivity index (χ2v) is 4.90. The molecule has 0 heterocycles. The molecule has 1 fully saturated rings. The Bertz CT molecular complexity index is 475. The SMILES string of the molecule is COc1ccc(C(=O)OC2CCCC(OC)C2)c(F)c1. The minimum atomic E-state index is -0.632. The molecule has 4 nitrogen and oxygen atoms in total. The molecule has 1 aliphatic carbocycles. The van der Waals surface area contributed by atoms with Crippen LogP contribution in [0.25, 0.3) is 0 Å². The van der Waals surface area contributed by atoms with Crippen molar-refractivity contribution >= 4 is 5.97 Å². The van der Waals surface area contributed by atoms with Crippen LogP contribution in [0.5, 0.6) is 5.75 Å². The quantitative estimate of drug-likeness (QED) is 0.796. The lowest BCUT2D eigenvalue weighted by molar-refractivity contribution is -0.0152. The molecule has 0 bridgehead atoms. The van der Waals surface area contributed by atoms with Crippen LogP contribution in [0.2, 0.25) is 0 Å². The molecule has 2 unspecified atom stereocenters. The maximum Gasteiger partial charge on any atom is 0.341 e. The molecular formula is C15H19FO4. The van der Waals surface area contributed by atoms with E-state index >= 15 is 0 Å². The van der Waals surface area contributed by atoms with E-state index < -0.39 is 11.8 Å². The average Bonchev–Trinajstić information content (AvgIpc) is 2.47. The third-order valence-electron chi connectivity index (χ3n) is 3.58. The van der Waals surface area contributed by atoms with Gasteiger partial charge < -0.3 is 14.2 Å². The number of hydrogen-bond acceptors (Lipinski definition) is 4. The normalized spacial score (nSPS) is 22.4. The van der Waals surface area contributed by atoms with Gasteiger partial charge >= 0.3 is 5.97 Å². The molecule has 1 aliphatic rings. The van der Waals surface area contributed by atoms with E-state index in [1.807, 2.05) is 0 Å². The van der Waals surface area contributed by atoms with Crippen LogP contribution in [0.3, 0.4) is 0 Å². The lowest BCUT2D eigenvalue weighted by Gasteiger charge is -2.27. The summed E-state index contributed by atoms with van der Waals surface area (Å²) in [5, 5.41) is 0. The van der Waals surface area contributed by atoms with Crippen LogP contribution >= 0.6 is 0 Å². The summed E-state index contributed by atoms with van der Waals surface area (Å²) in [4.78, 5) is 12.0. The zero-order valence-corrected chi connectivity index (χ0v) is 11.7. The molecule has 1 aromatic rings. The number of carbonyl (C=O) groups is 1. The van der Waals surface area contributed by atoms with E-state index in [0.29, 0.717) is 12.2 Å². The zero-order valence-electron chi connectivity index (χ0n) is 11.7. The van der Waals surface area contributed by atoms with E-state index in [0.717, 1.165) is 19.3 Å². The van der Waals surface area contributed by atoms with Crippen molar-refractivity contribution in [3.8, 4) is 5.75 Å². The lowest BCUT2D eigenvalue weighted by atomic mass is 9.95. The first-order valence-electron chi connectivity index (χ1n) is 6.71. The minimum Gasteiger partial charge on any atom is -0.497 e. The Morgan fingerprint density at radius 1 is 1.25 bits per heavy atom. The van der Waals surface area contributed by atoms with Crippen LogP contribution in [0.4, 0.5) is 4.39 Å². The third kappa shape index (κ3) is 3.48. The summed E-state index contributed by atoms with van der Waals surface area (Å²) in [6, 6.07) is 4.10. The molecule has 0 aliphatic heterocycles. The molecule has 20 heavy (non-hydrogen) atoms. The minimum absolute atomic E-state index is 0.0645. The monoisotopic (exact) mass is 282 g/mol. The smallest absolute Gasteiger partial charge is 0.341 e. The van der Waals surface area contributed by atoms with Crippen LogP contribution in [-0.2, 0) is 9.47 Å². The topological polar surface area (TPSA) is 44.8 Å². The Morgan fingerprint density at radius 3 is 2.65 bits per heavy atom. The lowest BCUT2D eigenvalue weighted by Crippen LogP contribution is -2.29. The van der Waals surface area contributed by atoms with Gasteiger partial charge in [0.2, 0.25) is 0 Å². The zero-order chi connectivity index (χ0) is 14.5. The summed E-state index contributed by atoms with van der Waals surface area (Å²) >= 11 is 0. The van der Waals surface area contributed by atoms with E-state index in [1.54, 1.807) is 13.2 Å². The highest BCUT2D eigenvalue weighted by molar-refractivity contribution is 5.90. The van der Waals surface area contributed by atoms with E-state index in [-0.39, 0.29) is 17.8 Å². The molecule has 5 heteroatoms. The fraction of sp³-hybridized carbons (Fsp3) is 0.533. The molecule has 0 radical (unpaired) electrons. The number of esters is 1. The van der Waals surface area contributed by atoms with Gasteiger partial charge in [-0.3, -0.25) is 0 Å². The highest BCUT2D eigenvalue weighted by Crippen LogP contribution is 2.25. The molecule has 1 aromatic carbocycles. The van der Waals surface area contributed by atoms with Crippen LogP contribution in [0, 0.1) is 5.82 Å². The van der Waals surface area contributed by atoms with Gasteiger partial charge in [-0.15, -0.1) is 0 Å². The van der Waals surface area contributed by atoms with Crippen molar-refractivity contribution in [1.29, 1.82) is 0 Å². The largest absolute Gasteiger partial charge is 0.497 e. The highest BCUT2D eigenvalue weighted by Gasteiger charge is 2.26. The van der Waals surface area contributed by atoms with Crippen LogP contribution < -0.4 is 4.74 Å². The Hall–Kier alpha value is -1.62. The first-order valence-corrected chi connectivity index (χ1v) is 6.71. The van der Waals surface area contributed by atoms with Crippen molar-refractivity contribution in [1.82, 2.24) is 0 Å². The molecule has 2 atom stereocenters. The highest BCUT2D eigenvalue weighted by atomic mass is 19.1. The van der Waals surface area contributed by atoms with Crippen molar-refractivity contribution < 1.29 is 23.4 Å². The fourth-order valence-electron chi connectivity index (χ4n) is 2.43. The van der Waals surface area contributed by atoms with Gasteiger partial charge in [0.15, 0.2) is 0 Å². The summed E-state index contributed by atoms with van der Waals surface area (Å²) in [6.07, 6.45) is 3.29. The summed E-state index contributed by atoms with van der Waals surface area (Å²) in [6.45, 7) is 0. The first kappa shape index (κ1) is 14.8. The van der Waals surface area contributed by atoms with Gasteiger partial charge in [0.25, 0.3) is 0 Å². The molecule has 0 N–H and O–H groups in total. The summed E-state index contributed by atoms with van der Waals surface area (Å²) in [7, 11) is 3.09. The Balaban J connectivity index is 2.01. The van der Waals surface area contributed by atoms with Crippen molar-refractivity contribution in [2.24, 2.45) is 0 Å². The number of hydrogen-bond donors (Lipinski definition) is 0. The molecule has 0 spiro atoms. The number of carbonyl (C=O) groups excluding carboxylic acids is 1. The van der Waals surface area contributed by atoms with Gasteiger partial charge in [-0.05, 0) is 31.4 Å². The maximum absolute atomic E-state index is 13.8. The Morgan fingerprint density at radius 2 is 2.00 bits per heavy atom. The predicted octanol–water partition coefficient (Wildman–Crippen LogP) is 2.95. The number of rotatable bonds is 4. The second-order valence-electron chi connectivity index (χ2n) is 4.90. The second kappa shape index (κ2) is 6.70. The molecule has 2 rings (SSSR count). The standard InChI is InChI=1S/C15H19FO4/c1-18-10-4-3-5-12(8-10)20-15(17)13-7-6-11(19-2)9-14(13)16/h6-7,9-10,12H,3-5,8H2,1-2H3. The average molecular weight is 282 g/mol. The van der Waals surface area contributed by atoms with Gasteiger partial charge in [0, 0.05) is 19.6 Å². The van der Waals surface area contributed by atoms with Crippen molar-refractivity contribution in [3.05, 3.63) is 29.6 Å². The van der Waals surface area contributed by atoms with Gasteiger partial charge in [-0.25, -0.2) is 9.18 Å². The third-order valence-corrected chi connectivity index (χ3v) is 3.58. The van der Waals surface area contributed by atoms with E-state index in [2.05, 4.69) is 0 Å². The molecule has 1 saturated carbocycles. The molecule has 0 saturated heterocycles. The summed E-state index contributed by atoms with van der Waals surface area (Å²) < 4.78 is 29.3. The molecule has 110 valence electrons. The maximum atomic E-state index is 13.8.